The topological polar surface area (TPSA) is 70.6 Å². The van der Waals surface area contributed by atoms with Gasteiger partial charge in [0.2, 0.25) is 0 Å². The van der Waals surface area contributed by atoms with Crippen LogP contribution in [0.3, 0.4) is 0 Å². The third-order valence-electron chi connectivity index (χ3n) is 3.19. The second-order valence-electron chi connectivity index (χ2n) is 5.23. The van der Waals surface area contributed by atoms with E-state index in [-0.39, 0.29) is 18.4 Å². The molecular formula is C18H18ClN3O2. The van der Waals surface area contributed by atoms with E-state index in [1.807, 2.05) is 37.3 Å². The average Bonchev–Trinajstić information content (AvgIpc) is 2.59. The summed E-state index contributed by atoms with van der Waals surface area (Å²) in [6, 6.07) is 16.3. The minimum absolute atomic E-state index is 0.149. The summed E-state index contributed by atoms with van der Waals surface area (Å²) >= 11 is 5.76. The normalized spacial score (nSPS) is 11.0. The molecular weight excluding hydrogens is 326 g/mol. The van der Waals surface area contributed by atoms with E-state index in [4.69, 9.17) is 11.6 Å². The summed E-state index contributed by atoms with van der Waals surface area (Å²) in [5, 5.41) is 7.11. The Morgan fingerprint density at radius 2 is 1.71 bits per heavy atom. The summed E-state index contributed by atoms with van der Waals surface area (Å²) in [6.07, 6.45) is 0.651. The van der Waals surface area contributed by atoms with Gasteiger partial charge in [0, 0.05) is 22.7 Å². The smallest absolute Gasteiger partial charge is 0.259 e. The SMILES string of the molecule is CC(Cc1ccccc1)=NNC(=O)CNC(=O)c1ccc(Cl)cc1. The Morgan fingerprint density at radius 1 is 1.04 bits per heavy atom. The van der Waals surface area contributed by atoms with Crippen molar-refractivity contribution in [3.05, 3.63) is 70.7 Å². The number of rotatable bonds is 6. The molecule has 0 fully saturated rings. The van der Waals surface area contributed by atoms with E-state index in [9.17, 15) is 9.59 Å². The van der Waals surface area contributed by atoms with Crippen LogP contribution in [0.2, 0.25) is 5.02 Å². The molecule has 0 saturated carbocycles. The first-order chi connectivity index (χ1) is 11.5. The molecule has 0 atom stereocenters. The minimum atomic E-state index is -0.385. The molecule has 0 aliphatic heterocycles. The predicted molar refractivity (Wildman–Crippen MR) is 95.2 cm³/mol. The van der Waals surface area contributed by atoms with Crippen molar-refractivity contribution in [2.45, 2.75) is 13.3 Å². The highest BCUT2D eigenvalue weighted by atomic mass is 35.5. The van der Waals surface area contributed by atoms with Crippen molar-refractivity contribution in [1.82, 2.24) is 10.7 Å². The molecule has 0 unspecified atom stereocenters. The van der Waals surface area contributed by atoms with Gasteiger partial charge in [0.25, 0.3) is 11.8 Å². The molecule has 0 aliphatic carbocycles. The zero-order chi connectivity index (χ0) is 17.4. The van der Waals surface area contributed by atoms with Gasteiger partial charge in [0.1, 0.15) is 0 Å². The Balaban J connectivity index is 1.77. The molecule has 0 bridgehead atoms. The quantitative estimate of drug-likeness (QED) is 0.625. The molecule has 0 spiro atoms. The Morgan fingerprint density at radius 3 is 2.38 bits per heavy atom. The van der Waals surface area contributed by atoms with Crippen molar-refractivity contribution in [3.63, 3.8) is 0 Å². The minimum Gasteiger partial charge on any atom is -0.343 e. The molecule has 0 heterocycles. The first-order valence-corrected chi connectivity index (χ1v) is 7.82. The highest BCUT2D eigenvalue weighted by Gasteiger charge is 2.07. The summed E-state index contributed by atoms with van der Waals surface area (Å²) in [6.45, 7) is 1.68. The first-order valence-electron chi connectivity index (χ1n) is 7.44. The van der Waals surface area contributed by atoms with Crippen LogP contribution in [0.15, 0.2) is 59.7 Å². The van der Waals surface area contributed by atoms with Crippen LogP contribution >= 0.6 is 11.6 Å². The fourth-order valence-corrected chi connectivity index (χ4v) is 2.12. The number of hydrogen-bond donors (Lipinski definition) is 2. The number of nitrogens with one attached hydrogen (secondary N) is 2. The van der Waals surface area contributed by atoms with Gasteiger partial charge in [-0.15, -0.1) is 0 Å². The van der Waals surface area contributed by atoms with Crippen LogP contribution in [0.4, 0.5) is 0 Å². The largest absolute Gasteiger partial charge is 0.343 e. The lowest BCUT2D eigenvalue weighted by molar-refractivity contribution is -0.120. The number of hydrazone groups is 1. The van der Waals surface area contributed by atoms with Gasteiger partial charge in [-0.1, -0.05) is 41.9 Å². The van der Waals surface area contributed by atoms with Crippen LogP contribution in [-0.4, -0.2) is 24.1 Å². The second kappa shape index (κ2) is 8.84. The molecule has 5 nitrogen and oxygen atoms in total. The maximum absolute atomic E-state index is 11.9. The molecule has 2 amide bonds. The monoisotopic (exact) mass is 343 g/mol. The van der Waals surface area contributed by atoms with Crippen molar-refractivity contribution >= 4 is 29.1 Å². The molecule has 0 aliphatic rings. The van der Waals surface area contributed by atoms with E-state index in [2.05, 4.69) is 15.8 Å². The number of nitrogens with zero attached hydrogens (tertiary/aromatic N) is 1. The van der Waals surface area contributed by atoms with E-state index in [1.165, 1.54) is 0 Å². The van der Waals surface area contributed by atoms with Crippen LogP contribution < -0.4 is 10.7 Å². The summed E-state index contributed by atoms with van der Waals surface area (Å²) < 4.78 is 0. The Hall–Kier alpha value is -2.66. The van der Waals surface area contributed by atoms with Crippen molar-refractivity contribution in [2.75, 3.05) is 6.54 Å². The third-order valence-corrected chi connectivity index (χ3v) is 3.44. The average molecular weight is 344 g/mol. The molecule has 24 heavy (non-hydrogen) atoms. The van der Waals surface area contributed by atoms with Crippen molar-refractivity contribution in [1.29, 1.82) is 0 Å². The molecule has 0 radical (unpaired) electrons. The highest BCUT2D eigenvalue weighted by molar-refractivity contribution is 6.30. The van der Waals surface area contributed by atoms with Gasteiger partial charge < -0.3 is 5.32 Å². The lowest BCUT2D eigenvalue weighted by atomic mass is 10.1. The molecule has 2 aromatic carbocycles. The lowest BCUT2D eigenvalue weighted by Gasteiger charge is -2.05. The first kappa shape index (κ1) is 17.7. The number of amides is 2. The molecule has 0 aromatic heterocycles. The highest BCUT2D eigenvalue weighted by Crippen LogP contribution is 2.09. The molecule has 2 N–H and O–H groups in total. The Kier molecular flexibility index (Phi) is 6.51. The molecule has 6 heteroatoms. The summed E-state index contributed by atoms with van der Waals surface area (Å²) in [5.41, 5.74) is 4.76. The zero-order valence-electron chi connectivity index (χ0n) is 13.3. The van der Waals surface area contributed by atoms with Crippen LogP contribution in [0.1, 0.15) is 22.8 Å². The Bertz CT molecular complexity index is 728. The number of benzene rings is 2. The zero-order valence-corrected chi connectivity index (χ0v) is 14.0. The fourth-order valence-electron chi connectivity index (χ4n) is 1.99. The van der Waals surface area contributed by atoms with Gasteiger partial charge in [0.05, 0.1) is 6.54 Å². The van der Waals surface area contributed by atoms with E-state index in [1.54, 1.807) is 24.3 Å². The maximum Gasteiger partial charge on any atom is 0.259 e. The van der Waals surface area contributed by atoms with Crippen LogP contribution in [0.5, 0.6) is 0 Å². The van der Waals surface area contributed by atoms with E-state index >= 15 is 0 Å². The van der Waals surface area contributed by atoms with Crippen LogP contribution in [-0.2, 0) is 11.2 Å². The molecule has 0 saturated heterocycles. The predicted octanol–water partition coefficient (Wildman–Crippen LogP) is 2.80. The molecule has 2 rings (SSSR count). The fraction of sp³-hybridized carbons (Fsp3) is 0.167. The lowest BCUT2D eigenvalue weighted by Crippen LogP contribution is -2.35. The van der Waals surface area contributed by atoms with Gasteiger partial charge in [0.15, 0.2) is 0 Å². The van der Waals surface area contributed by atoms with Crippen molar-refractivity contribution in [3.8, 4) is 0 Å². The van der Waals surface area contributed by atoms with Gasteiger partial charge >= 0.3 is 0 Å². The number of carbonyl (C=O) groups is 2. The summed E-state index contributed by atoms with van der Waals surface area (Å²) in [5.74, 6) is -0.725. The number of halogens is 1. The van der Waals surface area contributed by atoms with Gasteiger partial charge in [-0.2, -0.15) is 5.10 Å². The summed E-state index contributed by atoms with van der Waals surface area (Å²) in [7, 11) is 0. The van der Waals surface area contributed by atoms with Crippen LogP contribution in [0, 0.1) is 0 Å². The maximum atomic E-state index is 11.9. The van der Waals surface area contributed by atoms with E-state index in [0.29, 0.717) is 17.0 Å². The van der Waals surface area contributed by atoms with Crippen molar-refractivity contribution < 1.29 is 9.59 Å². The third kappa shape index (κ3) is 5.85. The number of carbonyl (C=O) groups excluding carboxylic acids is 2. The van der Waals surface area contributed by atoms with Gasteiger partial charge in [-0.25, -0.2) is 5.43 Å². The van der Waals surface area contributed by atoms with Gasteiger partial charge in [-0.3, -0.25) is 9.59 Å². The van der Waals surface area contributed by atoms with Gasteiger partial charge in [-0.05, 0) is 36.8 Å². The van der Waals surface area contributed by atoms with E-state index in [0.717, 1.165) is 11.3 Å². The molecule has 2 aromatic rings. The van der Waals surface area contributed by atoms with Crippen molar-refractivity contribution in [2.24, 2.45) is 5.10 Å². The number of hydrogen-bond acceptors (Lipinski definition) is 3. The van der Waals surface area contributed by atoms with E-state index < -0.39 is 0 Å². The molecule has 124 valence electrons. The Labute approximate surface area is 145 Å². The second-order valence-corrected chi connectivity index (χ2v) is 5.67. The summed E-state index contributed by atoms with van der Waals surface area (Å²) in [4.78, 5) is 23.6. The standard InChI is InChI=1S/C18H18ClN3O2/c1-13(11-14-5-3-2-4-6-14)21-22-17(23)12-20-18(24)15-7-9-16(19)10-8-15/h2-10H,11-12H2,1H3,(H,20,24)(H,22,23). The van der Waals surface area contributed by atoms with Crippen LogP contribution in [0.25, 0.3) is 0 Å².